The lowest BCUT2D eigenvalue weighted by atomic mass is 9.90. The molecule has 3 N–H and O–H groups in total. The molecule has 0 fully saturated rings. The van der Waals surface area contributed by atoms with Gasteiger partial charge in [-0.25, -0.2) is 4.79 Å². The van der Waals surface area contributed by atoms with E-state index in [1.165, 1.54) is 4.90 Å². The number of aliphatic hydroxyl groups is 1. The van der Waals surface area contributed by atoms with Crippen molar-refractivity contribution in [2.45, 2.75) is 92.5 Å². The average molecular weight is 526 g/mol. The van der Waals surface area contributed by atoms with Gasteiger partial charge in [0.1, 0.15) is 17.7 Å². The van der Waals surface area contributed by atoms with E-state index in [1.54, 1.807) is 20.8 Å². The Bertz CT molecular complexity index is 1140. The number of alkyl carbamates (subject to hydrolysis) is 1. The van der Waals surface area contributed by atoms with Crippen LogP contribution >= 0.6 is 0 Å². The Kier molecular flexibility index (Phi) is 9.72. The summed E-state index contributed by atoms with van der Waals surface area (Å²) >= 11 is 0. The molecule has 2 unspecified atom stereocenters. The molecule has 8 nitrogen and oxygen atoms in total. The van der Waals surface area contributed by atoms with Crippen molar-refractivity contribution in [1.82, 2.24) is 10.2 Å². The predicted molar refractivity (Wildman–Crippen MR) is 150 cm³/mol. The van der Waals surface area contributed by atoms with Crippen molar-refractivity contribution in [2.24, 2.45) is 0 Å². The minimum Gasteiger partial charge on any atom is -0.444 e. The van der Waals surface area contributed by atoms with Crippen molar-refractivity contribution in [3.8, 4) is 0 Å². The molecule has 208 valence electrons. The summed E-state index contributed by atoms with van der Waals surface area (Å²) in [6.45, 7) is 17.5. The number of para-hydroxylation sites is 1. The molecule has 0 heterocycles. The van der Waals surface area contributed by atoms with Gasteiger partial charge in [-0.15, -0.1) is 0 Å². The number of aryl methyl sites for hydroxylation is 4. The smallest absolute Gasteiger partial charge is 0.408 e. The maximum Gasteiger partial charge on any atom is 0.408 e. The summed E-state index contributed by atoms with van der Waals surface area (Å²) in [6.07, 6.45) is -0.831. The summed E-state index contributed by atoms with van der Waals surface area (Å²) < 4.78 is 5.31. The average Bonchev–Trinajstić information content (AvgIpc) is 2.76. The summed E-state index contributed by atoms with van der Waals surface area (Å²) in [5.74, 6) is -0.993. The third-order valence-corrected chi connectivity index (χ3v) is 6.18. The van der Waals surface area contributed by atoms with Gasteiger partial charge in [-0.1, -0.05) is 36.4 Å². The number of carbonyl (C=O) groups excluding carboxylic acids is 3. The van der Waals surface area contributed by atoms with Crippen LogP contribution in [0.4, 0.5) is 10.5 Å². The summed E-state index contributed by atoms with van der Waals surface area (Å²) in [5, 5.41) is 15.7. The summed E-state index contributed by atoms with van der Waals surface area (Å²) in [6, 6.07) is 9.08. The highest BCUT2D eigenvalue weighted by Gasteiger charge is 2.43. The molecule has 0 bridgehead atoms. The molecule has 0 aliphatic carbocycles. The van der Waals surface area contributed by atoms with Gasteiger partial charge in [0.15, 0.2) is 0 Å². The van der Waals surface area contributed by atoms with Crippen LogP contribution in [-0.2, 0) is 14.3 Å². The fourth-order valence-corrected chi connectivity index (χ4v) is 4.49. The number of amides is 3. The second-order valence-electron chi connectivity index (χ2n) is 11.7. The number of carbonyl (C=O) groups is 3. The number of benzene rings is 2. The number of hydrogen-bond acceptors (Lipinski definition) is 5. The first-order chi connectivity index (χ1) is 17.5. The minimum absolute atomic E-state index is 0.392. The van der Waals surface area contributed by atoms with Crippen LogP contribution in [-0.4, -0.2) is 51.7 Å². The monoisotopic (exact) mass is 525 g/mol. The van der Waals surface area contributed by atoms with Gasteiger partial charge in [0.2, 0.25) is 5.91 Å². The number of nitrogens with zero attached hydrogens (tertiary/aromatic N) is 1. The molecule has 2 aromatic rings. The fraction of sp³-hybridized carbons (Fsp3) is 0.500. The van der Waals surface area contributed by atoms with E-state index in [0.717, 1.165) is 22.3 Å². The van der Waals surface area contributed by atoms with E-state index in [4.69, 9.17) is 4.74 Å². The number of hydrogen-bond donors (Lipinski definition) is 3. The molecule has 2 aromatic carbocycles. The van der Waals surface area contributed by atoms with Crippen molar-refractivity contribution in [1.29, 1.82) is 0 Å². The van der Waals surface area contributed by atoms with Gasteiger partial charge in [0.05, 0.1) is 6.61 Å². The van der Waals surface area contributed by atoms with Crippen molar-refractivity contribution < 1.29 is 24.2 Å². The van der Waals surface area contributed by atoms with Crippen molar-refractivity contribution >= 4 is 23.6 Å². The molecule has 0 saturated carbocycles. The van der Waals surface area contributed by atoms with E-state index in [9.17, 15) is 19.5 Å². The van der Waals surface area contributed by atoms with E-state index >= 15 is 0 Å². The van der Waals surface area contributed by atoms with Crippen molar-refractivity contribution in [3.05, 3.63) is 64.2 Å². The molecule has 0 aliphatic rings. The molecule has 38 heavy (non-hydrogen) atoms. The standard InChI is InChI=1S/C30H43N3O5/c1-18-13-11-14-19(2)23(18)25(26(35)32-24-20(3)15-12-16-21(24)4)33(29(5,6)7)27(36)22(17-34)31-28(37)38-30(8,9)10/h11-16,22,25,34H,17H2,1-10H3,(H,31,37)(H,32,35). The predicted octanol–water partition coefficient (Wildman–Crippen LogP) is 5.11. The first-order valence-corrected chi connectivity index (χ1v) is 12.8. The van der Waals surface area contributed by atoms with E-state index in [1.807, 2.05) is 84.9 Å². The summed E-state index contributed by atoms with van der Waals surface area (Å²) in [7, 11) is 0. The molecule has 2 rings (SSSR count). The molecule has 0 spiro atoms. The molecular weight excluding hydrogens is 482 g/mol. The number of anilines is 1. The lowest BCUT2D eigenvalue weighted by Gasteiger charge is -2.43. The Balaban J connectivity index is 2.65. The Morgan fingerprint density at radius 1 is 0.868 bits per heavy atom. The Hall–Kier alpha value is -3.39. The van der Waals surface area contributed by atoms with Gasteiger partial charge in [-0.2, -0.15) is 0 Å². The van der Waals surface area contributed by atoms with Gasteiger partial charge < -0.3 is 25.4 Å². The maximum absolute atomic E-state index is 14.2. The lowest BCUT2D eigenvalue weighted by molar-refractivity contribution is -0.147. The normalized spacial score (nSPS) is 13.3. The maximum atomic E-state index is 14.2. The lowest BCUT2D eigenvalue weighted by Crippen LogP contribution is -2.59. The molecule has 0 radical (unpaired) electrons. The van der Waals surface area contributed by atoms with E-state index in [2.05, 4.69) is 10.6 Å². The van der Waals surface area contributed by atoms with Crippen molar-refractivity contribution in [3.63, 3.8) is 0 Å². The molecule has 3 amide bonds. The molecule has 2 atom stereocenters. The van der Waals surface area contributed by atoms with Crippen LogP contribution in [0.5, 0.6) is 0 Å². The van der Waals surface area contributed by atoms with Crippen molar-refractivity contribution in [2.75, 3.05) is 11.9 Å². The summed E-state index contributed by atoms with van der Waals surface area (Å²) in [5.41, 5.74) is 3.19. The Labute approximate surface area is 226 Å². The zero-order valence-corrected chi connectivity index (χ0v) is 24.4. The minimum atomic E-state index is -1.32. The van der Waals surface area contributed by atoms with Crippen LogP contribution in [0.2, 0.25) is 0 Å². The first kappa shape index (κ1) is 30.8. The van der Waals surface area contributed by atoms with Gasteiger partial charge in [-0.3, -0.25) is 9.59 Å². The fourth-order valence-electron chi connectivity index (χ4n) is 4.49. The highest BCUT2D eigenvalue weighted by Crippen LogP contribution is 2.35. The third-order valence-electron chi connectivity index (χ3n) is 6.18. The topological polar surface area (TPSA) is 108 Å². The van der Waals surface area contributed by atoms with Gasteiger partial charge in [-0.05, 0) is 97.1 Å². The number of aliphatic hydroxyl groups excluding tert-OH is 1. The third kappa shape index (κ3) is 7.57. The van der Waals surface area contributed by atoms with E-state index in [0.29, 0.717) is 11.3 Å². The van der Waals surface area contributed by atoms with Crippen LogP contribution in [0, 0.1) is 27.7 Å². The van der Waals surface area contributed by atoms with Gasteiger partial charge in [0, 0.05) is 11.2 Å². The second-order valence-corrected chi connectivity index (χ2v) is 11.7. The quantitative estimate of drug-likeness (QED) is 0.465. The Morgan fingerprint density at radius 3 is 1.76 bits per heavy atom. The molecule has 8 heteroatoms. The zero-order valence-electron chi connectivity index (χ0n) is 24.4. The summed E-state index contributed by atoms with van der Waals surface area (Å²) in [4.78, 5) is 42.2. The highest BCUT2D eigenvalue weighted by atomic mass is 16.6. The van der Waals surface area contributed by atoms with Crippen LogP contribution in [0.25, 0.3) is 0 Å². The second kappa shape index (κ2) is 12.0. The van der Waals surface area contributed by atoms with E-state index < -0.39 is 47.7 Å². The van der Waals surface area contributed by atoms with Crippen LogP contribution in [0.15, 0.2) is 36.4 Å². The molecule has 0 saturated heterocycles. The SMILES string of the molecule is Cc1cccc(C)c1NC(=O)C(c1c(C)cccc1C)N(C(=O)C(CO)NC(=O)OC(C)(C)C)C(C)(C)C. The number of nitrogens with one attached hydrogen (secondary N) is 2. The molecule has 0 aliphatic heterocycles. The van der Waals surface area contributed by atoms with E-state index in [-0.39, 0.29) is 0 Å². The van der Waals surface area contributed by atoms with Gasteiger partial charge >= 0.3 is 6.09 Å². The Morgan fingerprint density at radius 2 is 1.34 bits per heavy atom. The van der Waals surface area contributed by atoms with Crippen LogP contribution < -0.4 is 10.6 Å². The molecule has 0 aromatic heterocycles. The number of ether oxygens (including phenoxy) is 1. The number of rotatable bonds is 7. The first-order valence-electron chi connectivity index (χ1n) is 12.8. The highest BCUT2D eigenvalue weighted by molar-refractivity contribution is 6.00. The molecular formula is C30H43N3O5. The van der Waals surface area contributed by atoms with Crippen LogP contribution in [0.1, 0.15) is 75.4 Å². The largest absolute Gasteiger partial charge is 0.444 e. The van der Waals surface area contributed by atoms with Crippen LogP contribution in [0.3, 0.4) is 0 Å². The van der Waals surface area contributed by atoms with Gasteiger partial charge in [0.25, 0.3) is 5.91 Å². The zero-order chi connectivity index (χ0) is 29.0.